The van der Waals surface area contributed by atoms with Crippen molar-refractivity contribution in [2.75, 3.05) is 19.7 Å². The van der Waals surface area contributed by atoms with Gasteiger partial charge in [-0.15, -0.1) is 0 Å². The summed E-state index contributed by atoms with van der Waals surface area (Å²) in [5.74, 6) is 0.0483. The summed E-state index contributed by atoms with van der Waals surface area (Å²) in [4.78, 5) is 14.1. The molecule has 1 aromatic carbocycles. The van der Waals surface area contributed by atoms with E-state index in [1.807, 2.05) is 29.2 Å². The summed E-state index contributed by atoms with van der Waals surface area (Å²) >= 11 is 3.46. The van der Waals surface area contributed by atoms with Gasteiger partial charge in [-0.1, -0.05) is 33.2 Å². The van der Waals surface area contributed by atoms with E-state index >= 15 is 0 Å². The van der Waals surface area contributed by atoms with Gasteiger partial charge in [0.1, 0.15) is 12.4 Å². The summed E-state index contributed by atoms with van der Waals surface area (Å²) in [7, 11) is 0. The second-order valence-electron chi connectivity index (χ2n) is 4.92. The molecule has 2 aromatic rings. The average Bonchev–Trinajstić information content (AvgIpc) is 3.00. The Bertz CT molecular complexity index is 615. The highest BCUT2D eigenvalue weighted by Crippen LogP contribution is 2.25. The maximum atomic E-state index is 12.3. The normalized spacial score (nSPS) is 18.7. The van der Waals surface area contributed by atoms with E-state index in [0.717, 1.165) is 10.0 Å². The smallest absolute Gasteiger partial charge is 0.228 e. The number of hydrogen-bond donors (Lipinski definition) is 0. The third kappa shape index (κ3) is 3.51. The zero-order valence-corrected chi connectivity index (χ0v) is 13.0. The molecule has 1 aliphatic heterocycles. The van der Waals surface area contributed by atoms with Crippen LogP contribution in [0.2, 0.25) is 0 Å². The molecule has 110 valence electrons. The SMILES string of the molecule is O=C(Cc1ccon1)N1CCOC(c2cccc(Br)c2)C1. The number of amides is 1. The maximum Gasteiger partial charge on any atom is 0.228 e. The summed E-state index contributed by atoms with van der Waals surface area (Å²) in [6.45, 7) is 1.72. The zero-order chi connectivity index (χ0) is 14.7. The number of benzene rings is 1. The number of halogens is 1. The molecule has 1 amide bonds. The standard InChI is InChI=1S/C15H15BrN2O3/c16-12-3-1-2-11(8-12)14-10-18(5-7-20-14)15(19)9-13-4-6-21-17-13/h1-4,6,8,14H,5,7,9-10H2. The molecule has 1 aromatic heterocycles. The van der Waals surface area contributed by atoms with E-state index in [1.165, 1.54) is 6.26 Å². The Hall–Kier alpha value is -1.66. The lowest BCUT2D eigenvalue weighted by atomic mass is 10.1. The molecule has 3 rings (SSSR count). The van der Waals surface area contributed by atoms with Gasteiger partial charge >= 0.3 is 0 Å². The number of hydrogen-bond acceptors (Lipinski definition) is 4. The first-order chi connectivity index (χ1) is 10.2. The quantitative estimate of drug-likeness (QED) is 0.853. The summed E-state index contributed by atoms with van der Waals surface area (Å²) < 4.78 is 11.6. The van der Waals surface area contributed by atoms with E-state index in [0.29, 0.717) is 25.4 Å². The van der Waals surface area contributed by atoms with E-state index in [1.54, 1.807) is 6.07 Å². The number of carbonyl (C=O) groups is 1. The Labute approximate surface area is 131 Å². The minimum atomic E-state index is -0.0856. The van der Waals surface area contributed by atoms with Crippen LogP contribution in [0, 0.1) is 0 Å². The maximum absolute atomic E-state index is 12.3. The van der Waals surface area contributed by atoms with Crippen molar-refractivity contribution in [3.8, 4) is 0 Å². The molecule has 0 spiro atoms. The van der Waals surface area contributed by atoms with Crippen LogP contribution in [0.5, 0.6) is 0 Å². The van der Waals surface area contributed by atoms with E-state index in [9.17, 15) is 4.79 Å². The molecule has 2 heterocycles. The topological polar surface area (TPSA) is 55.6 Å². The van der Waals surface area contributed by atoms with Crippen molar-refractivity contribution in [1.82, 2.24) is 10.1 Å². The molecule has 1 unspecified atom stereocenters. The van der Waals surface area contributed by atoms with Crippen LogP contribution < -0.4 is 0 Å². The zero-order valence-electron chi connectivity index (χ0n) is 11.4. The highest BCUT2D eigenvalue weighted by molar-refractivity contribution is 9.10. The minimum absolute atomic E-state index is 0.0483. The Morgan fingerprint density at radius 2 is 2.33 bits per heavy atom. The molecule has 0 bridgehead atoms. The molecule has 6 heteroatoms. The van der Waals surface area contributed by atoms with Crippen LogP contribution in [0.3, 0.4) is 0 Å². The number of nitrogens with zero attached hydrogens (tertiary/aromatic N) is 2. The van der Waals surface area contributed by atoms with Crippen LogP contribution >= 0.6 is 15.9 Å². The number of aromatic nitrogens is 1. The minimum Gasteiger partial charge on any atom is -0.370 e. The molecule has 1 saturated heterocycles. The largest absolute Gasteiger partial charge is 0.370 e. The van der Waals surface area contributed by atoms with Gasteiger partial charge in [0.25, 0.3) is 0 Å². The Morgan fingerprint density at radius 3 is 3.10 bits per heavy atom. The summed E-state index contributed by atoms with van der Waals surface area (Å²) in [6, 6.07) is 9.69. The van der Waals surface area contributed by atoms with Gasteiger partial charge < -0.3 is 14.2 Å². The average molecular weight is 351 g/mol. The first-order valence-corrected chi connectivity index (χ1v) is 7.56. The number of morpholine rings is 1. The summed E-state index contributed by atoms with van der Waals surface area (Å²) in [5.41, 5.74) is 1.73. The van der Waals surface area contributed by atoms with Crippen LogP contribution in [0.4, 0.5) is 0 Å². The van der Waals surface area contributed by atoms with Crippen LogP contribution in [-0.2, 0) is 16.0 Å². The molecule has 0 radical (unpaired) electrons. The Kier molecular flexibility index (Phi) is 4.36. The van der Waals surface area contributed by atoms with Gasteiger partial charge in [-0.3, -0.25) is 4.79 Å². The van der Waals surface area contributed by atoms with Crippen molar-refractivity contribution in [2.45, 2.75) is 12.5 Å². The monoisotopic (exact) mass is 350 g/mol. The van der Waals surface area contributed by atoms with E-state index in [4.69, 9.17) is 9.26 Å². The van der Waals surface area contributed by atoms with Crippen LogP contribution in [0.25, 0.3) is 0 Å². The van der Waals surface area contributed by atoms with Crippen LogP contribution in [0.1, 0.15) is 17.4 Å². The summed E-state index contributed by atoms with van der Waals surface area (Å²) in [6.07, 6.45) is 1.66. The van der Waals surface area contributed by atoms with E-state index < -0.39 is 0 Å². The van der Waals surface area contributed by atoms with Crippen molar-refractivity contribution in [1.29, 1.82) is 0 Å². The highest BCUT2D eigenvalue weighted by Gasteiger charge is 2.25. The first-order valence-electron chi connectivity index (χ1n) is 6.76. The number of rotatable bonds is 3. The lowest BCUT2D eigenvalue weighted by Crippen LogP contribution is -2.43. The molecule has 0 N–H and O–H groups in total. The predicted octanol–water partition coefficient (Wildman–Crippen LogP) is 2.58. The number of ether oxygens (including phenoxy) is 1. The summed E-state index contributed by atoms with van der Waals surface area (Å²) in [5, 5.41) is 3.78. The van der Waals surface area contributed by atoms with Crippen molar-refractivity contribution in [3.63, 3.8) is 0 Å². The highest BCUT2D eigenvalue weighted by atomic mass is 79.9. The molecular weight excluding hydrogens is 336 g/mol. The second kappa shape index (κ2) is 6.41. The van der Waals surface area contributed by atoms with Gasteiger partial charge in [-0.05, 0) is 17.7 Å². The predicted molar refractivity (Wildman–Crippen MR) is 79.6 cm³/mol. The lowest BCUT2D eigenvalue weighted by molar-refractivity contribution is -0.138. The lowest BCUT2D eigenvalue weighted by Gasteiger charge is -2.33. The van der Waals surface area contributed by atoms with Crippen LogP contribution in [-0.4, -0.2) is 35.7 Å². The molecule has 1 aliphatic rings. The van der Waals surface area contributed by atoms with E-state index in [-0.39, 0.29) is 18.4 Å². The second-order valence-corrected chi connectivity index (χ2v) is 5.84. The molecular formula is C15H15BrN2O3. The fourth-order valence-electron chi connectivity index (χ4n) is 2.38. The molecule has 21 heavy (non-hydrogen) atoms. The number of carbonyl (C=O) groups excluding carboxylic acids is 1. The fourth-order valence-corrected chi connectivity index (χ4v) is 2.80. The molecule has 1 fully saturated rings. The first kappa shape index (κ1) is 14.3. The fraction of sp³-hybridized carbons (Fsp3) is 0.333. The third-order valence-electron chi connectivity index (χ3n) is 3.46. The van der Waals surface area contributed by atoms with Gasteiger partial charge in [0.2, 0.25) is 5.91 Å². The Balaban J connectivity index is 1.66. The van der Waals surface area contributed by atoms with Gasteiger partial charge in [0.05, 0.1) is 25.3 Å². The Morgan fingerprint density at radius 1 is 1.43 bits per heavy atom. The van der Waals surface area contributed by atoms with Gasteiger partial charge in [-0.25, -0.2) is 0 Å². The van der Waals surface area contributed by atoms with Gasteiger partial charge in [0, 0.05) is 17.1 Å². The van der Waals surface area contributed by atoms with Crippen molar-refractivity contribution < 1.29 is 14.1 Å². The molecule has 0 saturated carbocycles. The van der Waals surface area contributed by atoms with E-state index in [2.05, 4.69) is 21.1 Å². The third-order valence-corrected chi connectivity index (χ3v) is 3.96. The van der Waals surface area contributed by atoms with Gasteiger partial charge in [0.15, 0.2) is 0 Å². The van der Waals surface area contributed by atoms with Crippen molar-refractivity contribution >= 4 is 21.8 Å². The van der Waals surface area contributed by atoms with Gasteiger partial charge in [-0.2, -0.15) is 0 Å². The van der Waals surface area contributed by atoms with Crippen molar-refractivity contribution in [3.05, 3.63) is 52.3 Å². The molecule has 5 nitrogen and oxygen atoms in total. The molecule has 1 atom stereocenters. The van der Waals surface area contributed by atoms with Crippen molar-refractivity contribution in [2.24, 2.45) is 0 Å². The molecule has 0 aliphatic carbocycles. The van der Waals surface area contributed by atoms with Crippen LogP contribution in [0.15, 0.2) is 45.6 Å².